The topological polar surface area (TPSA) is 3.24 Å². The van der Waals surface area contributed by atoms with Gasteiger partial charge in [-0.1, -0.05) is 196 Å². The van der Waals surface area contributed by atoms with E-state index in [1.165, 1.54) is 93.6 Å². The van der Waals surface area contributed by atoms with Gasteiger partial charge in [-0.05, 0) is 107 Å². The highest BCUT2D eigenvalue weighted by Crippen LogP contribution is 2.53. The minimum atomic E-state index is -0.143. The van der Waals surface area contributed by atoms with Gasteiger partial charge in [0.25, 0.3) is 0 Å². The van der Waals surface area contributed by atoms with E-state index in [-0.39, 0.29) is 5.41 Å². The summed E-state index contributed by atoms with van der Waals surface area (Å²) in [5.74, 6) is 0. The van der Waals surface area contributed by atoms with Gasteiger partial charge in [0.2, 0.25) is 0 Å². The second-order valence-corrected chi connectivity index (χ2v) is 16.1. The van der Waals surface area contributed by atoms with Gasteiger partial charge in [-0.15, -0.1) is 0 Å². The molecule has 0 amide bonds. The number of hydrogen-bond donors (Lipinski definition) is 0. The van der Waals surface area contributed by atoms with Crippen molar-refractivity contribution < 1.29 is 0 Å². The summed E-state index contributed by atoms with van der Waals surface area (Å²) in [5.41, 5.74) is 15.9. The Labute approximate surface area is 340 Å². The highest BCUT2D eigenvalue weighted by molar-refractivity contribution is 6.22. The van der Waals surface area contributed by atoms with Gasteiger partial charge < -0.3 is 4.90 Å². The minimum absolute atomic E-state index is 0.143. The highest BCUT2D eigenvalue weighted by atomic mass is 15.1. The fraction of sp³-hybridized carbons (Fsp3) is 0.0526. The van der Waals surface area contributed by atoms with Crippen molar-refractivity contribution in [3.8, 4) is 44.5 Å². The van der Waals surface area contributed by atoms with Gasteiger partial charge in [-0.25, -0.2) is 0 Å². The molecule has 0 bridgehead atoms. The van der Waals surface area contributed by atoms with Gasteiger partial charge in [-0.2, -0.15) is 0 Å². The molecule has 0 heterocycles. The fourth-order valence-electron chi connectivity index (χ4n) is 9.52. The Balaban J connectivity index is 1.16. The lowest BCUT2D eigenvalue weighted by atomic mass is 9.82. The van der Waals surface area contributed by atoms with Crippen LogP contribution in [-0.4, -0.2) is 0 Å². The molecule has 0 fully saturated rings. The van der Waals surface area contributed by atoms with E-state index in [0.717, 1.165) is 11.4 Å². The summed E-state index contributed by atoms with van der Waals surface area (Å²) in [5, 5.41) is 7.42. The van der Waals surface area contributed by atoms with Crippen LogP contribution >= 0.6 is 0 Å². The van der Waals surface area contributed by atoms with Gasteiger partial charge >= 0.3 is 0 Å². The van der Waals surface area contributed by atoms with Crippen LogP contribution in [0.3, 0.4) is 0 Å². The molecule has 0 radical (unpaired) electrons. The molecule has 10 aromatic carbocycles. The average Bonchev–Trinajstić information content (AvgIpc) is 3.52. The molecule has 0 aliphatic heterocycles. The van der Waals surface area contributed by atoms with E-state index >= 15 is 0 Å². The van der Waals surface area contributed by atoms with E-state index in [2.05, 4.69) is 231 Å². The summed E-state index contributed by atoms with van der Waals surface area (Å²) in [4.78, 5) is 2.53. The normalized spacial score (nSPS) is 12.8. The molecule has 1 nitrogen and oxygen atoms in total. The molecule has 0 saturated carbocycles. The summed E-state index contributed by atoms with van der Waals surface area (Å²) < 4.78 is 0. The summed E-state index contributed by atoms with van der Waals surface area (Å²) >= 11 is 0. The van der Waals surface area contributed by atoms with Crippen LogP contribution in [0, 0.1) is 0 Å². The van der Waals surface area contributed by atoms with Crippen LogP contribution in [0.4, 0.5) is 17.1 Å². The van der Waals surface area contributed by atoms with Crippen LogP contribution in [0.2, 0.25) is 0 Å². The molecule has 58 heavy (non-hydrogen) atoms. The maximum Gasteiger partial charge on any atom is 0.0624 e. The first-order valence-corrected chi connectivity index (χ1v) is 20.3. The van der Waals surface area contributed by atoms with Crippen molar-refractivity contribution in [2.45, 2.75) is 19.3 Å². The van der Waals surface area contributed by atoms with Gasteiger partial charge in [0, 0.05) is 27.7 Å². The lowest BCUT2D eigenvalue weighted by Crippen LogP contribution is -2.17. The zero-order chi connectivity index (χ0) is 38.8. The van der Waals surface area contributed by atoms with Gasteiger partial charge in [0.15, 0.2) is 0 Å². The predicted octanol–water partition coefficient (Wildman–Crippen LogP) is 15.9. The third-order valence-corrected chi connectivity index (χ3v) is 12.4. The van der Waals surface area contributed by atoms with E-state index in [1.54, 1.807) is 0 Å². The Bertz CT molecular complexity index is 3170. The Morgan fingerprint density at radius 3 is 1.55 bits per heavy atom. The standard InChI is InChI=1S/C57H41N/c1-57(2)53-23-13-12-20-49(53)50-35-34-46(37-54(50)57)58(45-32-30-42(31-33-45)41-26-24-40(25-27-41)38-14-4-3-5-15-38)56-52-22-11-9-19-48(52)47-18-8-10-21-51(47)55(56)44-29-28-39-16-6-7-17-43(39)36-44/h3-37H,1-2H3. The number of rotatable bonds is 6. The summed E-state index contributed by atoms with van der Waals surface area (Å²) in [6, 6.07) is 78.3. The van der Waals surface area contributed by atoms with Crippen LogP contribution < -0.4 is 4.90 Å². The zero-order valence-electron chi connectivity index (χ0n) is 32.7. The van der Waals surface area contributed by atoms with Gasteiger partial charge in [0.05, 0.1) is 5.69 Å². The Kier molecular flexibility index (Phi) is 7.91. The lowest BCUT2D eigenvalue weighted by molar-refractivity contribution is 0.660. The monoisotopic (exact) mass is 739 g/mol. The second kappa shape index (κ2) is 13.5. The zero-order valence-corrected chi connectivity index (χ0v) is 32.7. The molecule has 0 unspecified atom stereocenters. The Morgan fingerprint density at radius 1 is 0.328 bits per heavy atom. The van der Waals surface area contributed by atoms with E-state index in [0.29, 0.717) is 0 Å². The maximum absolute atomic E-state index is 2.53. The van der Waals surface area contributed by atoms with E-state index in [9.17, 15) is 0 Å². The van der Waals surface area contributed by atoms with Crippen molar-refractivity contribution in [3.63, 3.8) is 0 Å². The van der Waals surface area contributed by atoms with E-state index in [1.807, 2.05) is 0 Å². The van der Waals surface area contributed by atoms with Crippen LogP contribution in [0.25, 0.3) is 76.8 Å². The number of fused-ring (bicyclic) bond motifs is 7. The highest BCUT2D eigenvalue weighted by Gasteiger charge is 2.36. The van der Waals surface area contributed by atoms with Gasteiger partial charge in [-0.3, -0.25) is 0 Å². The first kappa shape index (κ1) is 34.1. The smallest absolute Gasteiger partial charge is 0.0624 e. The molecular formula is C57H41N. The second-order valence-electron chi connectivity index (χ2n) is 16.1. The quantitative estimate of drug-likeness (QED) is 0.154. The largest absolute Gasteiger partial charge is 0.309 e. The molecule has 0 N–H and O–H groups in total. The molecule has 1 aliphatic carbocycles. The molecule has 11 rings (SSSR count). The molecular weight excluding hydrogens is 699 g/mol. The van der Waals surface area contributed by atoms with E-state index in [4.69, 9.17) is 0 Å². The predicted molar refractivity (Wildman–Crippen MR) is 248 cm³/mol. The summed E-state index contributed by atoms with van der Waals surface area (Å²) in [6.45, 7) is 4.74. The van der Waals surface area contributed by atoms with Crippen LogP contribution in [0.1, 0.15) is 25.0 Å². The third-order valence-electron chi connectivity index (χ3n) is 12.4. The maximum atomic E-state index is 2.53. The van der Waals surface area contributed by atoms with Crippen molar-refractivity contribution in [1.82, 2.24) is 0 Å². The molecule has 0 spiro atoms. The Morgan fingerprint density at radius 2 is 0.828 bits per heavy atom. The number of anilines is 3. The van der Waals surface area contributed by atoms with Crippen molar-refractivity contribution in [1.29, 1.82) is 0 Å². The minimum Gasteiger partial charge on any atom is -0.309 e. The van der Waals surface area contributed by atoms with E-state index < -0.39 is 0 Å². The molecule has 1 heteroatoms. The first-order valence-electron chi connectivity index (χ1n) is 20.3. The van der Waals surface area contributed by atoms with Crippen LogP contribution in [0.5, 0.6) is 0 Å². The van der Waals surface area contributed by atoms with Crippen molar-refractivity contribution in [3.05, 3.63) is 223 Å². The third kappa shape index (κ3) is 5.46. The molecule has 0 saturated heterocycles. The number of hydrogen-bond acceptors (Lipinski definition) is 1. The van der Waals surface area contributed by atoms with Crippen LogP contribution in [0.15, 0.2) is 212 Å². The molecule has 0 aromatic heterocycles. The lowest BCUT2D eigenvalue weighted by Gasteiger charge is -2.32. The summed E-state index contributed by atoms with van der Waals surface area (Å²) in [7, 11) is 0. The average molecular weight is 740 g/mol. The number of benzene rings is 10. The summed E-state index contributed by atoms with van der Waals surface area (Å²) in [6.07, 6.45) is 0. The SMILES string of the molecule is CC1(C)c2ccccc2-c2ccc(N(c3ccc(-c4ccc(-c5ccccc5)cc4)cc3)c3c(-c4ccc5ccccc5c4)c4ccccc4c4ccccc34)cc21. The van der Waals surface area contributed by atoms with Crippen molar-refractivity contribution in [2.75, 3.05) is 4.90 Å². The first-order chi connectivity index (χ1) is 28.5. The van der Waals surface area contributed by atoms with Crippen molar-refractivity contribution in [2.24, 2.45) is 0 Å². The number of nitrogens with zero attached hydrogens (tertiary/aromatic N) is 1. The fourth-order valence-corrected chi connectivity index (χ4v) is 9.52. The van der Waals surface area contributed by atoms with Crippen molar-refractivity contribution >= 4 is 49.4 Å². The molecule has 274 valence electrons. The van der Waals surface area contributed by atoms with Crippen LogP contribution in [-0.2, 0) is 5.41 Å². The molecule has 1 aliphatic rings. The molecule has 10 aromatic rings. The van der Waals surface area contributed by atoms with Gasteiger partial charge in [0.1, 0.15) is 0 Å². The Hall–Kier alpha value is -7.22. The molecule has 0 atom stereocenters.